The van der Waals surface area contributed by atoms with Gasteiger partial charge in [0.05, 0.1) is 16.0 Å². The molecule has 0 saturated carbocycles. The molecular weight excluding hydrogens is 356 g/mol. The normalized spacial score (nSPS) is 13.4. The summed E-state index contributed by atoms with van der Waals surface area (Å²) in [4.78, 5) is 38.6. The lowest BCUT2D eigenvalue weighted by atomic mass is 9.92. The Kier molecular flexibility index (Phi) is 3.30. The van der Waals surface area contributed by atoms with Gasteiger partial charge in [0.15, 0.2) is 0 Å². The van der Waals surface area contributed by atoms with Crippen molar-refractivity contribution in [1.82, 2.24) is 0 Å². The van der Waals surface area contributed by atoms with E-state index < -0.39 is 16.7 Å². The number of amides is 2. The lowest BCUT2D eigenvalue weighted by Crippen LogP contribution is -2.40. The molecule has 4 aromatic rings. The number of carbonyl (C=O) groups excluding carboxylic acids is 2. The fraction of sp³-hybridized carbons (Fsp3) is 0. The number of hydrogen-bond acceptors (Lipinski definition) is 4. The fourth-order valence-electron chi connectivity index (χ4n) is 3.86. The molecule has 0 unspecified atom stereocenters. The Balaban J connectivity index is 1.81. The maximum absolute atomic E-state index is 13.3. The smallest absolute Gasteiger partial charge is 0.268 e. The van der Waals surface area contributed by atoms with Crippen LogP contribution in [0.15, 0.2) is 72.8 Å². The van der Waals surface area contributed by atoms with E-state index in [-0.39, 0.29) is 16.8 Å². The zero-order valence-corrected chi connectivity index (χ0v) is 14.5. The summed E-state index contributed by atoms with van der Waals surface area (Å²) >= 11 is 0. The molecule has 28 heavy (non-hydrogen) atoms. The van der Waals surface area contributed by atoms with Gasteiger partial charge in [0, 0.05) is 28.0 Å². The van der Waals surface area contributed by atoms with E-state index >= 15 is 0 Å². The van der Waals surface area contributed by atoms with Gasteiger partial charge in [-0.1, -0.05) is 42.5 Å². The Morgan fingerprint density at radius 1 is 0.714 bits per heavy atom. The number of non-ortho nitro benzene ring substituents is 1. The van der Waals surface area contributed by atoms with Crippen molar-refractivity contribution >= 4 is 44.7 Å². The van der Waals surface area contributed by atoms with E-state index in [2.05, 4.69) is 0 Å². The molecular formula is C22H12N2O4. The van der Waals surface area contributed by atoms with E-state index in [4.69, 9.17) is 0 Å². The van der Waals surface area contributed by atoms with Gasteiger partial charge in [-0.05, 0) is 29.7 Å². The third kappa shape index (κ3) is 2.08. The molecule has 0 fully saturated rings. The topological polar surface area (TPSA) is 80.5 Å². The van der Waals surface area contributed by atoms with Crippen molar-refractivity contribution in [2.24, 2.45) is 0 Å². The minimum Gasteiger partial charge on any atom is -0.268 e. The highest BCUT2D eigenvalue weighted by molar-refractivity contribution is 6.37. The zero-order chi connectivity index (χ0) is 19.4. The molecule has 134 valence electrons. The molecule has 0 spiro atoms. The highest BCUT2D eigenvalue weighted by Gasteiger charge is 2.36. The van der Waals surface area contributed by atoms with Crippen LogP contribution in [-0.2, 0) is 0 Å². The van der Waals surface area contributed by atoms with E-state index in [0.29, 0.717) is 16.5 Å². The van der Waals surface area contributed by atoms with E-state index in [0.717, 1.165) is 15.7 Å². The molecule has 5 rings (SSSR count). The predicted octanol–water partition coefficient (Wildman–Crippen LogP) is 4.70. The van der Waals surface area contributed by atoms with Gasteiger partial charge < -0.3 is 0 Å². The van der Waals surface area contributed by atoms with Crippen molar-refractivity contribution in [2.75, 3.05) is 4.90 Å². The summed E-state index contributed by atoms with van der Waals surface area (Å²) in [6.07, 6.45) is 0. The first-order valence-electron chi connectivity index (χ1n) is 8.64. The van der Waals surface area contributed by atoms with E-state index in [1.807, 2.05) is 30.3 Å². The summed E-state index contributed by atoms with van der Waals surface area (Å²) in [5.41, 5.74) is 0.932. The molecule has 1 aliphatic heterocycles. The van der Waals surface area contributed by atoms with Crippen molar-refractivity contribution in [2.45, 2.75) is 0 Å². The molecule has 0 radical (unpaired) electrons. The van der Waals surface area contributed by atoms with Gasteiger partial charge in [-0.15, -0.1) is 0 Å². The van der Waals surface area contributed by atoms with Gasteiger partial charge in [0.25, 0.3) is 17.5 Å². The van der Waals surface area contributed by atoms with Crippen molar-refractivity contribution in [3.8, 4) is 0 Å². The van der Waals surface area contributed by atoms with Crippen molar-refractivity contribution in [1.29, 1.82) is 0 Å². The lowest BCUT2D eigenvalue weighted by Gasteiger charge is -2.28. The Morgan fingerprint density at radius 2 is 1.36 bits per heavy atom. The largest absolute Gasteiger partial charge is 0.277 e. The van der Waals surface area contributed by atoms with Crippen LogP contribution in [0.1, 0.15) is 20.7 Å². The maximum atomic E-state index is 13.3. The van der Waals surface area contributed by atoms with Gasteiger partial charge in [-0.3, -0.25) is 19.7 Å². The highest BCUT2D eigenvalue weighted by Crippen LogP contribution is 2.38. The number of hydrogen-bond donors (Lipinski definition) is 0. The zero-order valence-electron chi connectivity index (χ0n) is 14.5. The summed E-state index contributed by atoms with van der Waals surface area (Å²) < 4.78 is 0. The molecule has 0 aliphatic carbocycles. The summed E-state index contributed by atoms with van der Waals surface area (Å²) in [7, 11) is 0. The van der Waals surface area contributed by atoms with Crippen LogP contribution in [0.3, 0.4) is 0 Å². The highest BCUT2D eigenvalue weighted by atomic mass is 16.6. The predicted molar refractivity (Wildman–Crippen MR) is 106 cm³/mol. The maximum Gasteiger partial charge on any atom is 0.277 e. The summed E-state index contributed by atoms with van der Waals surface area (Å²) in [5, 5.41) is 13.7. The number of imide groups is 1. The van der Waals surface area contributed by atoms with Crippen molar-refractivity contribution in [3.63, 3.8) is 0 Å². The van der Waals surface area contributed by atoms with Crippen LogP contribution in [0.4, 0.5) is 11.4 Å². The first-order valence-corrected chi connectivity index (χ1v) is 8.64. The Bertz CT molecular complexity index is 1320. The molecule has 6 nitrogen and oxygen atoms in total. The second kappa shape index (κ2) is 5.72. The lowest BCUT2D eigenvalue weighted by molar-refractivity contribution is -0.383. The van der Waals surface area contributed by atoms with Crippen LogP contribution in [0, 0.1) is 10.1 Å². The number of rotatable bonds is 2. The molecule has 4 aromatic carbocycles. The fourth-order valence-corrected chi connectivity index (χ4v) is 3.86. The third-order valence-corrected chi connectivity index (χ3v) is 5.09. The number of anilines is 1. The molecule has 0 N–H and O–H groups in total. The number of carbonyl (C=O) groups is 2. The molecule has 0 atom stereocenters. The van der Waals surface area contributed by atoms with Gasteiger partial charge in [0.2, 0.25) is 0 Å². The van der Waals surface area contributed by atoms with Gasteiger partial charge in [0.1, 0.15) is 0 Å². The molecule has 0 saturated heterocycles. The van der Waals surface area contributed by atoms with Crippen LogP contribution in [0.2, 0.25) is 0 Å². The van der Waals surface area contributed by atoms with Crippen molar-refractivity contribution < 1.29 is 14.5 Å². The average molecular weight is 368 g/mol. The van der Waals surface area contributed by atoms with E-state index in [9.17, 15) is 19.7 Å². The van der Waals surface area contributed by atoms with Gasteiger partial charge in [-0.25, -0.2) is 4.90 Å². The number of nitrogens with zero attached hydrogens (tertiary/aromatic N) is 2. The minimum atomic E-state index is -0.505. The van der Waals surface area contributed by atoms with Gasteiger partial charge in [-0.2, -0.15) is 0 Å². The third-order valence-electron chi connectivity index (χ3n) is 5.09. The van der Waals surface area contributed by atoms with Crippen LogP contribution in [-0.4, -0.2) is 16.7 Å². The van der Waals surface area contributed by atoms with Crippen molar-refractivity contribution in [3.05, 3.63) is 94.0 Å². The standard InChI is InChI=1S/C22H12N2O4/c25-21-16-9-4-8-15-19(24(27)28)12-11-17(20(15)16)22(26)23(21)18-10-3-6-13-5-1-2-7-14(13)18/h1-12H. The number of nitro groups is 1. The summed E-state index contributed by atoms with van der Waals surface area (Å²) in [6.45, 7) is 0. The van der Waals surface area contributed by atoms with Crippen LogP contribution in [0.25, 0.3) is 21.5 Å². The SMILES string of the molecule is O=C1c2cccc3c([N+](=O)[O-])ccc(c23)C(=O)N1c1cccc2ccccc12. The number of fused-ring (bicyclic) bond motifs is 1. The Hall–Kier alpha value is -4.06. The van der Waals surface area contributed by atoms with Crippen LogP contribution in [0.5, 0.6) is 0 Å². The van der Waals surface area contributed by atoms with Gasteiger partial charge >= 0.3 is 0 Å². The number of benzene rings is 4. The first-order chi connectivity index (χ1) is 13.6. The molecule has 0 aromatic heterocycles. The molecule has 6 heteroatoms. The van der Waals surface area contributed by atoms with E-state index in [1.165, 1.54) is 12.1 Å². The molecule has 2 amide bonds. The molecule has 0 bridgehead atoms. The quantitative estimate of drug-likeness (QED) is 0.292. The van der Waals surface area contributed by atoms with Crippen LogP contribution >= 0.6 is 0 Å². The second-order valence-electron chi connectivity index (χ2n) is 6.56. The minimum absolute atomic E-state index is 0.125. The molecule has 1 heterocycles. The average Bonchev–Trinajstić information content (AvgIpc) is 2.71. The Labute approximate surface area is 158 Å². The second-order valence-corrected chi connectivity index (χ2v) is 6.56. The molecule has 1 aliphatic rings. The summed E-state index contributed by atoms with van der Waals surface area (Å²) in [6, 6.07) is 20.5. The van der Waals surface area contributed by atoms with E-state index in [1.54, 1.807) is 30.3 Å². The summed E-state index contributed by atoms with van der Waals surface area (Å²) in [5.74, 6) is -0.972. The van der Waals surface area contributed by atoms with Crippen LogP contribution < -0.4 is 4.90 Å². The monoisotopic (exact) mass is 368 g/mol. The first kappa shape index (κ1) is 16.1. The number of nitro benzene ring substituents is 1. The Morgan fingerprint density at radius 3 is 2.14 bits per heavy atom.